The van der Waals surface area contributed by atoms with Crippen molar-refractivity contribution in [1.29, 1.82) is 0 Å². The largest absolute Gasteiger partial charge is 0.396 e. The van der Waals surface area contributed by atoms with E-state index in [1.54, 1.807) is 0 Å². The van der Waals surface area contributed by atoms with Gasteiger partial charge in [0.05, 0.1) is 12.2 Å². The third-order valence-corrected chi connectivity index (χ3v) is 2.46. The summed E-state index contributed by atoms with van der Waals surface area (Å²) in [6.45, 7) is 6.19. The smallest absolute Gasteiger partial charge is 0.0779 e. The van der Waals surface area contributed by atoms with Crippen LogP contribution in [-0.4, -0.2) is 36.5 Å². The average Bonchev–Trinajstić information content (AvgIpc) is 2.02. The predicted molar refractivity (Wildman–Crippen MR) is 48.1 cm³/mol. The molecule has 3 nitrogen and oxygen atoms in total. The molecule has 0 radical (unpaired) electrons. The Bertz CT molecular complexity index is 136. The number of rotatable bonds is 3. The molecule has 12 heavy (non-hydrogen) atoms. The first-order valence-corrected chi connectivity index (χ1v) is 4.65. The molecular formula is C9H19NO2. The molecule has 0 spiro atoms. The van der Waals surface area contributed by atoms with Crippen molar-refractivity contribution in [2.45, 2.75) is 38.3 Å². The second kappa shape index (κ2) is 4.21. The van der Waals surface area contributed by atoms with Crippen molar-refractivity contribution in [1.82, 2.24) is 5.32 Å². The highest BCUT2D eigenvalue weighted by atomic mass is 16.5. The van der Waals surface area contributed by atoms with Gasteiger partial charge in [-0.05, 0) is 26.7 Å². The van der Waals surface area contributed by atoms with Crippen molar-refractivity contribution >= 4 is 0 Å². The van der Waals surface area contributed by atoms with E-state index in [0.717, 1.165) is 26.0 Å². The highest BCUT2D eigenvalue weighted by molar-refractivity contribution is 4.88. The van der Waals surface area contributed by atoms with Crippen molar-refractivity contribution in [3.63, 3.8) is 0 Å². The molecule has 0 bridgehead atoms. The molecule has 2 N–H and O–H groups in total. The van der Waals surface area contributed by atoms with E-state index in [4.69, 9.17) is 9.84 Å². The number of hydrogen-bond acceptors (Lipinski definition) is 3. The van der Waals surface area contributed by atoms with Crippen molar-refractivity contribution in [3.05, 3.63) is 0 Å². The second-order valence-electron chi connectivity index (χ2n) is 3.82. The standard InChI is InChI=1S/C9H19NO2/c1-9(2)8(4-3-6-11)10-5-7-12-9/h8,10-11H,3-7H2,1-2H3. The lowest BCUT2D eigenvalue weighted by Gasteiger charge is -2.39. The molecule has 1 unspecified atom stereocenters. The first-order valence-electron chi connectivity index (χ1n) is 4.65. The van der Waals surface area contributed by atoms with E-state index in [1.807, 2.05) is 0 Å². The Morgan fingerprint density at radius 3 is 2.92 bits per heavy atom. The van der Waals surface area contributed by atoms with Crippen LogP contribution in [-0.2, 0) is 4.74 Å². The van der Waals surface area contributed by atoms with Crippen molar-refractivity contribution < 1.29 is 9.84 Å². The lowest BCUT2D eigenvalue weighted by Crippen LogP contribution is -2.54. The van der Waals surface area contributed by atoms with Gasteiger partial charge in [0, 0.05) is 19.2 Å². The van der Waals surface area contributed by atoms with Gasteiger partial charge in [-0.25, -0.2) is 0 Å². The maximum Gasteiger partial charge on any atom is 0.0779 e. The summed E-state index contributed by atoms with van der Waals surface area (Å²) in [6, 6.07) is 0.387. The summed E-state index contributed by atoms with van der Waals surface area (Å²) in [5.41, 5.74) is -0.0760. The highest BCUT2D eigenvalue weighted by Crippen LogP contribution is 2.21. The minimum atomic E-state index is -0.0760. The van der Waals surface area contributed by atoms with Crippen molar-refractivity contribution in [2.75, 3.05) is 19.8 Å². The van der Waals surface area contributed by atoms with Crippen LogP contribution in [0.2, 0.25) is 0 Å². The Kier molecular flexibility index (Phi) is 3.50. The molecule has 0 aromatic heterocycles. The molecule has 1 saturated heterocycles. The van der Waals surface area contributed by atoms with Crippen LogP contribution < -0.4 is 5.32 Å². The third kappa shape index (κ3) is 2.44. The predicted octanol–water partition coefficient (Wildman–Crippen LogP) is 0.526. The number of aliphatic hydroxyl groups is 1. The molecule has 1 rings (SSSR count). The second-order valence-corrected chi connectivity index (χ2v) is 3.82. The maximum absolute atomic E-state index is 8.70. The first kappa shape index (κ1) is 9.96. The van der Waals surface area contributed by atoms with Gasteiger partial charge >= 0.3 is 0 Å². The molecule has 3 heteroatoms. The molecule has 1 fully saturated rings. The maximum atomic E-state index is 8.70. The molecule has 0 aromatic rings. The molecule has 1 heterocycles. The van der Waals surface area contributed by atoms with E-state index in [0.29, 0.717) is 6.04 Å². The van der Waals surface area contributed by atoms with Gasteiger partial charge in [-0.15, -0.1) is 0 Å². The zero-order valence-electron chi connectivity index (χ0n) is 7.97. The summed E-state index contributed by atoms with van der Waals surface area (Å²) in [4.78, 5) is 0. The highest BCUT2D eigenvalue weighted by Gasteiger charge is 2.32. The monoisotopic (exact) mass is 173 g/mol. The molecule has 0 saturated carbocycles. The van der Waals surface area contributed by atoms with Crippen LogP contribution in [0.1, 0.15) is 26.7 Å². The Hall–Kier alpha value is -0.120. The van der Waals surface area contributed by atoms with Gasteiger partial charge in [-0.3, -0.25) is 0 Å². The van der Waals surface area contributed by atoms with Crippen LogP contribution >= 0.6 is 0 Å². The van der Waals surface area contributed by atoms with E-state index in [2.05, 4.69) is 19.2 Å². The van der Waals surface area contributed by atoms with Crippen molar-refractivity contribution in [2.24, 2.45) is 0 Å². The Morgan fingerprint density at radius 2 is 2.33 bits per heavy atom. The molecule has 0 aliphatic carbocycles. The zero-order valence-corrected chi connectivity index (χ0v) is 7.97. The SMILES string of the molecule is CC1(C)OCCNC1CCCO. The van der Waals surface area contributed by atoms with Gasteiger partial charge in [0.15, 0.2) is 0 Å². The van der Waals surface area contributed by atoms with Crippen molar-refractivity contribution in [3.8, 4) is 0 Å². The fourth-order valence-electron chi connectivity index (χ4n) is 1.64. The number of nitrogens with one attached hydrogen (secondary N) is 1. The van der Waals surface area contributed by atoms with E-state index >= 15 is 0 Å². The summed E-state index contributed by atoms with van der Waals surface area (Å²) >= 11 is 0. The summed E-state index contributed by atoms with van der Waals surface area (Å²) in [5, 5.41) is 12.1. The summed E-state index contributed by atoms with van der Waals surface area (Å²) in [5.74, 6) is 0. The molecule has 1 atom stereocenters. The van der Waals surface area contributed by atoms with Crippen LogP contribution in [0.15, 0.2) is 0 Å². The third-order valence-electron chi connectivity index (χ3n) is 2.46. The first-order chi connectivity index (χ1) is 5.67. The van der Waals surface area contributed by atoms with Gasteiger partial charge < -0.3 is 15.2 Å². The average molecular weight is 173 g/mol. The quantitative estimate of drug-likeness (QED) is 0.654. The van der Waals surface area contributed by atoms with Gasteiger partial charge in [0.2, 0.25) is 0 Å². The molecule has 1 aliphatic rings. The molecular weight excluding hydrogens is 154 g/mol. The summed E-state index contributed by atoms with van der Waals surface area (Å²) in [6.07, 6.45) is 1.84. The van der Waals surface area contributed by atoms with E-state index in [9.17, 15) is 0 Å². The van der Waals surface area contributed by atoms with E-state index < -0.39 is 0 Å². The topological polar surface area (TPSA) is 41.5 Å². The van der Waals surface area contributed by atoms with Gasteiger partial charge in [0.1, 0.15) is 0 Å². The van der Waals surface area contributed by atoms with Crippen LogP contribution in [0.4, 0.5) is 0 Å². The van der Waals surface area contributed by atoms with Crippen LogP contribution in [0, 0.1) is 0 Å². The Morgan fingerprint density at radius 1 is 1.58 bits per heavy atom. The molecule has 72 valence electrons. The number of aliphatic hydroxyl groups excluding tert-OH is 1. The van der Waals surface area contributed by atoms with Crippen LogP contribution in [0.5, 0.6) is 0 Å². The Labute approximate surface area is 74.1 Å². The number of hydrogen-bond donors (Lipinski definition) is 2. The zero-order chi connectivity index (χ0) is 9.03. The van der Waals surface area contributed by atoms with Gasteiger partial charge in [-0.2, -0.15) is 0 Å². The van der Waals surface area contributed by atoms with Crippen LogP contribution in [0.3, 0.4) is 0 Å². The molecule has 0 aromatic carbocycles. The minimum absolute atomic E-state index is 0.0760. The summed E-state index contributed by atoms with van der Waals surface area (Å²) in [7, 11) is 0. The minimum Gasteiger partial charge on any atom is -0.396 e. The number of ether oxygens (including phenoxy) is 1. The normalized spacial score (nSPS) is 28.8. The fraction of sp³-hybridized carbons (Fsp3) is 1.00. The number of morpholine rings is 1. The lowest BCUT2D eigenvalue weighted by molar-refractivity contribution is -0.0737. The van der Waals surface area contributed by atoms with Gasteiger partial charge in [-0.1, -0.05) is 0 Å². The lowest BCUT2D eigenvalue weighted by atomic mass is 9.93. The Balaban J connectivity index is 2.37. The van der Waals surface area contributed by atoms with E-state index in [-0.39, 0.29) is 12.2 Å². The van der Waals surface area contributed by atoms with E-state index in [1.165, 1.54) is 0 Å². The van der Waals surface area contributed by atoms with Gasteiger partial charge in [0.25, 0.3) is 0 Å². The molecule has 0 amide bonds. The fourth-order valence-corrected chi connectivity index (χ4v) is 1.64. The summed E-state index contributed by atoms with van der Waals surface area (Å²) < 4.78 is 5.63. The molecule has 1 aliphatic heterocycles. The van der Waals surface area contributed by atoms with Crippen LogP contribution in [0.25, 0.3) is 0 Å².